The lowest BCUT2D eigenvalue weighted by Gasteiger charge is -2.34. The van der Waals surface area contributed by atoms with Crippen LogP contribution in [0.4, 0.5) is 0 Å². The second kappa shape index (κ2) is 7.13. The van der Waals surface area contributed by atoms with Crippen LogP contribution in [0, 0.1) is 13.8 Å². The van der Waals surface area contributed by atoms with E-state index in [2.05, 4.69) is 21.5 Å². The Hall–Kier alpha value is -2.21. The minimum Gasteiger partial charge on any atom is -0.377 e. The normalized spacial score (nSPS) is 15.7. The van der Waals surface area contributed by atoms with Gasteiger partial charge >= 0.3 is 0 Å². The third kappa shape index (κ3) is 3.33. The molecule has 3 rings (SSSR count). The lowest BCUT2D eigenvalue weighted by molar-refractivity contribution is 0.0689. The number of hydrogen-bond acceptors (Lipinski definition) is 4. The van der Waals surface area contributed by atoms with E-state index in [-0.39, 0.29) is 5.91 Å². The van der Waals surface area contributed by atoms with E-state index in [1.54, 1.807) is 13.3 Å². The molecular formula is C18H24N4O2. The van der Waals surface area contributed by atoms with Gasteiger partial charge in [-0.05, 0) is 38.8 Å². The third-order valence-electron chi connectivity index (χ3n) is 4.61. The summed E-state index contributed by atoms with van der Waals surface area (Å²) in [6.45, 7) is 6.01. The predicted octanol–water partition coefficient (Wildman–Crippen LogP) is 2.52. The van der Waals surface area contributed by atoms with Crippen LogP contribution in [-0.4, -0.2) is 45.5 Å². The Morgan fingerprint density at radius 2 is 1.96 bits per heavy atom. The molecule has 1 aliphatic rings. The summed E-state index contributed by atoms with van der Waals surface area (Å²) in [5, 5.41) is 0. The molecule has 0 aromatic carbocycles. The van der Waals surface area contributed by atoms with Gasteiger partial charge in [-0.25, -0.2) is 4.98 Å². The summed E-state index contributed by atoms with van der Waals surface area (Å²) in [5.74, 6) is 1.03. The van der Waals surface area contributed by atoms with Gasteiger partial charge < -0.3 is 14.2 Å². The van der Waals surface area contributed by atoms with Crippen molar-refractivity contribution in [3.8, 4) is 0 Å². The van der Waals surface area contributed by atoms with Crippen LogP contribution in [0.5, 0.6) is 0 Å². The first-order valence-electron chi connectivity index (χ1n) is 8.33. The zero-order chi connectivity index (χ0) is 17.1. The number of likely N-dealkylation sites (tertiary alicyclic amines) is 1. The minimum absolute atomic E-state index is 0.0698. The van der Waals surface area contributed by atoms with Crippen molar-refractivity contribution in [3.05, 3.63) is 47.3 Å². The minimum atomic E-state index is 0.0698. The van der Waals surface area contributed by atoms with Crippen LogP contribution < -0.4 is 0 Å². The van der Waals surface area contributed by atoms with Crippen LogP contribution in [0.1, 0.15) is 46.5 Å². The first-order valence-corrected chi connectivity index (χ1v) is 8.33. The highest BCUT2D eigenvalue weighted by Crippen LogP contribution is 2.26. The number of aromatic nitrogens is 3. The van der Waals surface area contributed by atoms with Crippen LogP contribution in [0.2, 0.25) is 0 Å². The molecule has 0 N–H and O–H groups in total. The predicted molar refractivity (Wildman–Crippen MR) is 90.8 cm³/mol. The number of carbonyl (C=O) groups excluding carboxylic acids is 1. The quantitative estimate of drug-likeness (QED) is 0.865. The number of rotatable bonds is 4. The van der Waals surface area contributed by atoms with Crippen molar-refractivity contribution in [1.82, 2.24) is 19.4 Å². The highest BCUT2D eigenvalue weighted by Gasteiger charge is 2.26. The number of imidazole rings is 1. The fourth-order valence-corrected chi connectivity index (χ4v) is 3.33. The molecule has 24 heavy (non-hydrogen) atoms. The Labute approximate surface area is 142 Å². The second-order valence-corrected chi connectivity index (χ2v) is 6.33. The molecule has 0 saturated carbocycles. The van der Waals surface area contributed by atoms with Gasteiger partial charge in [0, 0.05) is 50.0 Å². The average molecular weight is 328 g/mol. The average Bonchev–Trinajstić information content (AvgIpc) is 2.96. The van der Waals surface area contributed by atoms with Crippen molar-refractivity contribution < 1.29 is 9.53 Å². The summed E-state index contributed by atoms with van der Waals surface area (Å²) in [4.78, 5) is 23.2. The monoisotopic (exact) mass is 328 g/mol. The molecular weight excluding hydrogens is 304 g/mol. The van der Waals surface area contributed by atoms with Crippen molar-refractivity contribution in [2.45, 2.75) is 39.3 Å². The van der Waals surface area contributed by atoms with Gasteiger partial charge in [0.25, 0.3) is 5.91 Å². The molecule has 0 unspecified atom stereocenters. The summed E-state index contributed by atoms with van der Waals surface area (Å²) in [5.41, 5.74) is 2.74. The molecule has 0 spiro atoms. The Morgan fingerprint density at radius 3 is 2.58 bits per heavy atom. The largest absolute Gasteiger partial charge is 0.377 e. The van der Waals surface area contributed by atoms with E-state index >= 15 is 0 Å². The second-order valence-electron chi connectivity index (χ2n) is 6.33. The van der Waals surface area contributed by atoms with Crippen LogP contribution in [0.25, 0.3) is 0 Å². The number of amides is 1. The van der Waals surface area contributed by atoms with Crippen molar-refractivity contribution in [2.75, 3.05) is 20.2 Å². The molecule has 0 atom stereocenters. The van der Waals surface area contributed by atoms with Gasteiger partial charge in [-0.2, -0.15) is 0 Å². The highest BCUT2D eigenvalue weighted by atomic mass is 16.5. The number of aryl methyl sites for hydroxylation is 2. The van der Waals surface area contributed by atoms with Crippen molar-refractivity contribution >= 4 is 5.91 Å². The number of methoxy groups -OCH3 is 1. The van der Waals surface area contributed by atoms with Gasteiger partial charge in [-0.1, -0.05) is 0 Å². The van der Waals surface area contributed by atoms with E-state index in [0.717, 1.165) is 43.1 Å². The Kier molecular flexibility index (Phi) is 4.94. The number of piperidine rings is 1. The van der Waals surface area contributed by atoms with Crippen LogP contribution in [0.15, 0.2) is 24.5 Å². The standard InChI is InChI=1S/C18H24N4O2/c1-13-4-5-15(11-19-13)18(23)21-8-6-16(7-9-21)22-14(2)10-20-17(22)12-24-3/h4-5,10-11,16H,6-9,12H2,1-3H3. The summed E-state index contributed by atoms with van der Waals surface area (Å²) in [6, 6.07) is 4.11. The molecule has 0 aliphatic carbocycles. The van der Waals surface area contributed by atoms with Gasteiger partial charge in [0.2, 0.25) is 0 Å². The van der Waals surface area contributed by atoms with E-state index in [4.69, 9.17) is 4.74 Å². The molecule has 6 nitrogen and oxygen atoms in total. The molecule has 128 valence electrons. The van der Waals surface area contributed by atoms with Crippen molar-refractivity contribution in [3.63, 3.8) is 0 Å². The van der Waals surface area contributed by atoms with Gasteiger partial charge in [-0.15, -0.1) is 0 Å². The van der Waals surface area contributed by atoms with E-state index in [1.807, 2.05) is 30.2 Å². The van der Waals surface area contributed by atoms with Gasteiger partial charge in [0.15, 0.2) is 0 Å². The van der Waals surface area contributed by atoms with Gasteiger partial charge in [0.05, 0.1) is 5.56 Å². The van der Waals surface area contributed by atoms with Crippen LogP contribution in [-0.2, 0) is 11.3 Å². The molecule has 0 bridgehead atoms. The lowest BCUT2D eigenvalue weighted by atomic mass is 10.0. The number of ether oxygens (including phenoxy) is 1. The zero-order valence-electron chi connectivity index (χ0n) is 14.5. The van der Waals surface area contributed by atoms with E-state index in [0.29, 0.717) is 18.2 Å². The number of nitrogens with zero attached hydrogens (tertiary/aromatic N) is 4. The smallest absolute Gasteiger partial charge is 0.255 e. The fourth-order valence-electron chi connectivity index (χ4n) is 3.33. The molecule has 0 radical (unpaired) electrons. The summed E-state index contributed by atoms with van der Waals surface area (Å²) in [7, 11) is 1.69. The number of carbonyl (C=O) groups is 1. The molecule has 1 aliphatic heterocycles. The molecule has 3 heterocycles. The zero-order valence-corrected chi connectivity index (χ0v) is 14.5. The SMILES string of the molecule is COCc1ncc(C)n1C1CCN(C(=O)c2ccc(C)nc2)CC1. The van der Waals surface area contributed by atoms with E-state index in [9.17, 15) is 4.79 Å². The Balaban J connectivity index is 1.66. The molecule has 2 aromatic heterocycles. The molecule has 2 aromatic rings. The number of hydrogen-bond donors (Lipinski definition) is 0. The summed E-state index contributed by atoms with van der Waals surface area (Å²) >= 11 is 0. The van der Waals surface area contributed by atoms with Crippen LogP contribution in [0.3, 0.4) is 0 Å². The van der Waals surface area contributed by atoms with Gasteiger partial charge in [0.1, 0.15) is 12.4 Å². The van der Waals surface area contributed by atoms with E-state index in [1.165, 1.54) is 0 Å². The van der Waals surface area contributed by atoms with Crippen molar-refractivity contribution in [1.29, 1.82) is 0 Å². The summed E-state index contributed by atoms with van der Waals surface area (Å²) < 4.78 is 7.51. The first kappa shape index (κ1) is 16.6. The number of pyridine rings is 1. The molecule has 1 fully saturated rings. The topological polar surface area (TPSA) is 60.2 Å². The molecule has 6 heteroatoms. The third-order valence-corrected chi connectivity index (χ3v) is 4.61. The Morgan fingerprint density at radius 1 is 1.21 bits per heavy atom. The van der Waals surface area contributed by atoms with E-state index < -0.39 is 0 Å². The van der Waals surface area contributed by atoms with Crippen molar-refractivity contribution in [2.24, 2.45) is 0 Å². The highest BCUT2D eigenvalue weighted by molar-refractivity contribution is 5.93. The maximum absolute atomic E-state index is 12.6. The maximum atomic E-state index is 12.6. The van der Waals surface area contributed by atoms with Crippen LogP contribution >= 0.6 is 0 Å². The Bertz CT molecular complexity index is 700. The first-order chi connectivity index (χ1) is 11.6. The lowest BCUT2D eigenvalue weighted by Crippen LogP contribution is -2.39. The maximum Gasteiger partial charge on any atom is 0.255 e. The molecule has 1 amide bonds. The van der Waals surface area contributed by atoms with Gasteiger partial charge in [-0.3, -0.25) is 9.78 Å². The summed E-state index contributed by atoms with van der Waals surface area (Å²) in [6.07, 6.45) is 5.42. The fraction of sp³-hybridized carbons (Fsp3) is 0.500. The molecule has 1 saturated heterocycles.